The van der Waals surface area contributed by atoms with E-state index in [4.69, 9.17) is 0 Å². The van der Waals surface area contributed by atoms with E-state index in [9.17, 15) is 9.59 Å². The first-order valence-electron chi connectivity index (χ1n) is 9.20. The zero-order valence-electron chi connectivity index (χ0n) is 14.8. The molecule has 1 aliphatic carbocycles. The SMILES string of the molecule is CC1CCCCC1N(C)C(=O)c1ccc(CN2CCCC2=O)cc1. The van der Waals surface area contributed by atoms with E-state index in [0.717, 1.165) is 30.5 Å². The number of amides is 2. The van der Waals surface area contributed by atoms with Gasteiger partial charge in [-0.15, -0.1) is 0 Å². The number of hydrogen-bond acceptors (Lipinski definition) is 2. The Balaban J connectivity index is 1.63. The van der Waals surface area contributed by atoms with E-state index in [1.54, 1.807) is 0 Å². The Morgan fingerprint density at radius 3 is 2.50 bits per heavy atom. The fourth-order valence-corrected chi connectivity index (χ4v) is 4.07. The van der Waals surface area contributed by atoms with Crippen molar-refractivity contribution in [3.8, 4) is 0 Å². The largest absolute Gasteiger partial charge is 0.338 e. The van der Waals surface area contributed by atoms with Crippen LogP contribution < -0.4 is 0 Å². The molecule has 0 bridgehead atoms. The topological polar surface area (TPSA) is 40.6 Å². The molecule has 3 rings (SSSR count). The first-order chi connectivity index (χ1) is 11.6. The number of benzene rings is 1. The molecule has 4 nitrogen and oxygen atoms in total. The van der Waals surface area contributed by atoms with Gasteiger partial charge in [0.2, 0.25) is 5.91 Å². The normalized spacial score (nSPS) is 24.2. The molecule has 2 amide bonds. The van der Waals surface area contributed by atoms with Crippen molar-refractivity contribution in [2.24, 2.45) is 5.92 Å². The molecule has 1 aromatic carbocycles. The maximum Gasteiger partial charge on any atom is 0.253 e. The molecule has 1 saturated heterocycles. The molecule has 1 heterocycles. The number of rotatable bonds is 4. The third kappa shape index (κ3) is 3.63. The molecule has 1 saturated carbocycles. The Bertz CT molecular complexity index is 596. The van der Waals surface area contributed by atoms with Crippen LogP contribution in [0.3, 0.4) is 0 Å². The summed E-state index contributed by atoms with van der Waals surface area (Å²) < 4.78 is 0. The summed E-state index contributed by atoms with van der Waals surface area (Å²) in [5, 5.41) is 0. The van der Waals surface area contributed by atoms with Crippen molar-refractivity contribution in [3.63, 3.8) is 0 Å². The summed E-state index contributed by atoms with van der Waals surface area (Å²) in [6.07, 6.45) is 6.45. The van der Waals surface area contributed by atoms with Crippen molar-refractivity contribution in [2.45, 2.75) is 58.0 Å². The van der Waals surface area contributed by atoms with E-state index in [1.165, 1.54) is 19.3 Å². The van der Waals surface area contributed by atoms with Crippen LogP contribution >= 0.6 is 0 Å². The molecule has 4 heteroatoms. The summed E-state index contributed by atoms with van der Waals surface area (Å²) in [4.78, 5) is 28.3. The molecule has 2 atom stereocenters. The predicted octanol–water partition coefficient (Wildman–Crippen LogP) is 3.46. The van der Waals surface area contributed by atoms with Crippen LogP contribution in [-0.4, -0.2) is 41.2 Å². The van der Waals surface area contributed by atoms with Crippen molar-refractivity contribution < 1.29 is 9.59 Å². The lowest BCUT2D eigenvalue weighted by Gasteiger charge is -2.36. The first kappa shape index (κ1) is 17.0. The van der Waals surface area contributed by atoms with Crippen molar-refractivity contribution in [2.75, 3.05) is 13.6 Å². The van der Waals surface area contributed by atoms with Gasteiger partial charge < -0.3 is 9.80 Å². The van der Waals surface area contributed by atoms with Crippen molar-refractivity contribution in [3.05, 3.63) is 35.4 Å². The highest BCUT2D eigenvalue weighted by Crippen LogP contribution is 2.28. The van der Waals surface area contributed by atoms with Gasteiger partial charge in [-0.2, -0.15) is 0 Å². The molecule has 130 valence electrons. The Kier molecular flexibility index (Phi) is 5.22. The second-order valence-corrected chi connectivity index (χ2v) is 7.36. The van der Waals surface area contributed by atoms with E-state index >= 15 is 0 Å². The third-order valence-corrected chi connectivity index (χ3v) is 5.63. The number of likely N-dealkylation sites (tertiary alicyclic amines) is 1. The Hall–Kier alpha value is -1.84. The summed E-state index contributed by atoms with van der Waals surface area (Å²) in [5.74, 6) is 0.923. The van der Waals surface area contributed by atoms with Crippen LogP contribution in [0.2, 0.25) is 0 Å². The number of hydrogen-bond donors (Lipinski definition) is 0. The van der Waals surface area contributed by atoms with Gasteiger partial charge in [0.15, 0.2) is 0 Å². The average molecular weight is 328 g/mol. The lowest BCUT2D eigenvalue weighted by Crippen LogP contribution is -2.42. The zero-order chi connectivity index (χ0) is 17.1. The molecule has 0 spiro atoms. The van der Waals surface area contributed by atoms with Crippen LogP contribution in [0.5, 0.6) is 0 Å². The van der Waals surface area contributed by atoms with E-state index in [2.05, 4.69) is 6.92 Å². The van der Waals surface area contributed by atoms with Crippen LogP contribution in [0, 0.1) is 5.92 Å². The third-order valence-electron chi connectivity index (χ3n) is 5.63. The molecular weight excluding hydrogens is 300 g/mol. The van der Waals surface area contributed by atoms with Gasteiger partial charge in [0, 0.05) is 38.2 Å². The van der Waals surface area contributed by atoms with Gasteiger partial charge in [-0.1, -0.05) is 31.9 Å². The summed E-state index contributed by atoms with van der Waals surface area (Å²) in [7, 11) is 1.94. The minimum atomic E-state index is 0.109. The summed E-state index contributed by atoms with van der Waals surface area (Å²) in [5.41, 5.74) is 1.84. The van der Waals surface area contributed by atoms with Crippen LogP contribution in [0.25, 0.3) is 0 Å². The van der Waals surface area contributed by atoms with Crippen molar-refractivity contribution in [1.29, 1.82) is 0 Å². The van der Waals surface area contributed by atoms with Crippen molar-refractivity contribution >= 4 is 11.8 Å². The van der Waals surface area contributed by atoms with Gasteiger partial charge in [0.1, 0.15) is 0 Å². The van der Waals surface area contributed by atoms with E-state index in [-0.39, 0.29) is 11.8 Å². The minimum absolute atomic E-state index is 0.109. The maximum atomic E-state index is 12.8. The van der Waals surface area contributed by atoms with Crippen LogP contribution in [0.1, 0.15) is 61.4 Å². The monoisotopic (exact) mass is 328 g/mol. The molecule has 24 heavy (non-hydrogen) atoms. The lowest BCUT2D eigenvalue weighted by atomic mass is 9.85. The molecule has 2 fully saturated rings. The van der Waals surface area contributed by atoms with Gasteiger partial charge in [-0.25, -0.2) is 0 Å². The highest BCUT2D eigenvalue weighted by atomic mass is 16.2. The molecule has 0 aromatic heterocycles. The fourth-order valence-electron chi connectivity index (χ4n) is 4.07. The standard InChI is InChI=1S/C20H28N2O2/c1-15-6-3-4-7-18(15)21(2)20(24)17-11-9-16(10-12-17)14-22-13-5-8-19(22)23/h9-12,15,18H,3-8,13-14H2,1-2H3. The zero-order valence-corrected chi connectivity index (χ0v) is 14.8. The average Bonchev–Trinajstić information content (AvgIpc) is 3.00. The lowest BCUT2D eigenvalue weighted by molar-refractivity contribution is -0.128. The predicted molar refractivity (Wildman–Crippen MR) is 94.6 cm³/mol. The van der Waals surface area contributed by atoms with Gasteiger partial charge in [0.05, 0.1) is 0 Å². The smallest absolute Gasteiger partial charge is 0.253 e. The molecular formula is C20H28N2O2. The maximum absolute atomic E-state index is 12.8. The Morgan fingerprint density at radius 2 is 1.88 bits per heavy atom. The Morgan fingerprint density at radius 1 is 1.17 bits per heavy atom. The van der Waals surface area contributed by atoms with E-state index in [0.29, 0.717) is 24.9 Å². The molecule has 0 N–H and O–H groups in total. The van der Waals surface area contributed by atoms with Crippen LogP contribution in [0.4, 0.5) is 0 Å². The summed E-state index contributed by atoms with van der Waals surface area (Å²) >= 11 is 0. The molecule has 2 aliphatic rings. The highest BCUT2D eigenvalue weighted by Gasteiger charge is 2.28. The second kappa shape index (κ2) is 7.37. The molecule has 1 aromatic rings. The van der Waals surface area contributed by atoms with E-state index < -0.39 is 0 Å². The van der Waals surface area contributed by atoms with Gasteiger partial charge >= 0.3 is 0 Å². The van der Waals surface area contributed by atoms with Crippen LogP contribution in [0.15, 0.2) is 24.3 Å². The first-order valence-corrected chi connectivity index (χ1v) is 9.20. The minimum Gasteiger partial charge on any atom is -0.338 e. The van der Waals surface area contributed by atoms with Gasteiger partial charge in [0.25, 0.3) is 5.91 Å². The molecule has 1 aliphatic heterocycles. The Labute approximate surface area is 144 Å². The van der Waals surface area contributed by atoms with E-state index in [1.807, 2.05) is 41.1 Å². The van der Waals surface area contributed by atoms with Gasteiger partial charge in [-0.3, -0.25) is 9.59 Å². The fraction of sp³-hybridized carbons (Fsp3) is 0.600. The second-order valence-electron chi connectivity index (χ2n) is 7.36. The molecule has 2 unspecified atom stereocenters. The highest BCUT2D eigenvalue weighted by molar-refractivity contribution is 5.94. The van der Waals surface area contributed by atoms with Gasteiger partial charge in [-0.05, 0) is 42.9 Å². The number of carbonyl (C=O) groups excluding carboxylic acids is 2. The van der Waals surface area contributed by atoms with Crippen molar-refractivity contribution in [1.82, 2.24) is 9.80 Å². The van der Waals surface area contributed by atoms with Crippen LogP contribution in [-0.2, 0) is 11.3 Å². The quantitative estimate of drug-likeness (QED) is 0.849. The summed E-state index contributed by atoms with van der Waals surface area (Å²) in [6, 6.07) is 8.13. The number of nitrogens with zero attached hydrogens (tertiary/aromatic N) is 2. The summed E-state index contributed by atoms with van der Waals surface area (Å²) in [6.45, 7) is 3.76. The number of carbonyl (C=O) groups is 2. The molecule has 0 radical (unpaired) electrons.